The third-order valence-corrected chi connectivity index (χ3v) is 4.95. The molecule has 0 fully saturated rings. The number of benzene rings is 1. The van der Waals surface area contributed by atoms with Crippen molar-refractivity contribution in [3.63, 3.8) is 0 Å². The molecule has 1 heterocycles. The second-order valence-electron chi connectivity index (χ2n) is 6.54. The van der Waals surface area contributed by atoms with E-state index in [-0.39, 0.29) is 22.1 Å². The summed E-state index contributed by atoms with van der Waals surface area (Å²) < 4.78 is 2.30. The van der Waals surface area contributed by atoms with Gasteiger partial charge in [0.1, 0.15) is 9.69 Å². The number of Topliss-reactive ketones (excluding diaryl/α,β-unsaturated/α-hetero) is 1. The normalized spacial score (nSPS) is 13.3. The average molecular weight is 381 g/mol. The Balaban J connectivity index is 2.61. The van der Waals surface area contributed by atoms with Crippen molar-refractivity contribution >= 4 is 46.6 Å². The molecular weight excluding hydrogens is 364 g/mol. The van der Waals surface area contributed by atoms with Crippen molar-refractivity contribution in [2.24, 2.45) is 12.5 Å². The number of ketones is 1. The van der Waals surface area contributed by atoms with Crippen LogP contribution in [-0.4, -0.2) is 15.3 Å². The lowest BCUT2D eigenvalue weighted by atomic mass is 9.91. The SMILES string of the molecule is Cn1c(=O)/c(=C\c2ccc(Cl)c([N+](=O)[O-])c2)s/c1=C\C(=O)C(C)(C)C. The lowest BCUT2D eigenvalue weighted by Crippen LogP contribution is -2.30. The number of hydrogen-bond acceptors (Lipinski definition) is 5. The number of nitro groups is 1. The molecule has 0 atom stereocenters. The number of nitro benzene ring substituents is 1. The Morgan fingerprint density at radius 1 is 1.36 bits per heavy atom. The predicted molar refractivity (Wildman–Crippen MR) is 99.4 cm³/mol. The molecule has 0 N–H and O–H groups in total. The van der Waals surface area contributed by atoms with E-state index < -0.39 is 10.3 Å². The summed E-state index contributed by atoms with van der Waals surface area (Å²) in [6.45, 7) is 5.41. The summed E-state index contributed by atoms with van der Waals surface area (Å²) in [4.78, 5) is 34.9. The number of carbonyl (C=O) groups is 1. The molecule has 132 valence electrons. The van der Waals surface area contributed by atoms with Crippen molar-refractivity contribution in [3.8, 4) is 0 Å². The first-order valence-corrected chi connectivity index (χ1v) is 8.58. The highest BCUT2D eigenvalue weighted by molar-refractivity contribution is 7.07. The number of thiazole rings is 1. The van der Waals surface area contributed by atoms with Crippen LogP contribution < -0.4 is 14.8 Å². The van der Waals surface area contributed by atoms with Crippen LogP contribution in [0, 0.1) is 15.5 Å². The molecule has 0 aliphatic carbocycles. The zero-order valence-corrected chi connectivity index (χ0v) is 15.8. The lowest BCUT2D eigenvalue weighted by molar-refractivity contribution is -0.384. The highest BCUT2D eigenvalue weighted by atomic mass is 35.5. The number of halogens is 1. The largest absolute Gasteiger partial charge is 0.302 e. The second kappa shape index (κ2) is 6.93. The zero-order valence-electron chi connectivity index (χ0n) is 14.2. The van der Waals surface area contributed by atoms with Crippen molar-refractivity contribution in [2.75, 3.05) is 0 Å². The van der Waals surface area contributed by atoms with Gasteiger partial charge in [-0.2, -0.15) is 0 Å². The molecule has 0 amide bonds. The summed E-state index contributed by atoms with van der Waals surface area (Å²) >= 11 is 6.95. The standard InChI is InChI=1S/C17H17ClN2O4S/c1-17(2,3)14(21)9-15-19(4)16(22)13(25-15)8-10-5-6-11(18)12(7-10)20(23)24/h5-9H,1-4H3/b13-8+,15-9-. The summed E-state index contributed by atoms with van der Waals surface area (Å²) in [6.07, 6.45) is 3.00. The van der Waals surface area contributed by atoms with Gasteiger partial charge >= 0.3 is 0 Å². The van der Waals surface area contributed by atoms with Crippen LogP contribution in [0.4, 0.5) is 5.69 Å². The zero-order chi connectivity index (χ0) is 18.9. The van der Waals surface area contributed by atoms with Gasteiger partial charge in [-0.15, -0.1) is 11.3 Å². The number of rotatable bonds is 3. The average Bonchev–Trinajstić information content (AvgIpc) is 2.76. The Hall–Kier alpha value is -2.25. The minimum atomic E-state index is -0.576. The highest BCUT2D eigenvalue weighted by Crippen LogP contribution is 2.25. The maximum atomic E-state index is 12.4. The number of carbonyl (C=O) groups excluding carboxylic acids is 1. The molecule has 2 rings (SSSR count). The molecular formula is C17H17ClN2O4S. The van der Waals surface area contributed by atoms with E-state index in [1.807, 2.05) is 0 Å². The van der Waals surface area contributed by atoms with Crippen molar-refractivity contribution in [2.45, 2.75) is 20.8 Å². The van der Waals surface area contributed by atoms with Gasteiger partial charge in [0.15, 0.2) is 5.78 Å². The predicted octanol–water partition coefficient (Wildman–Crippen LogP) is 2.23. The molecule has 0 unspecified atom stereocenters. The van der Waals surface area contributed by atoms with Gasteiger partial charge in [-0.05, 0) is 17.7 Å². The first-order valence-electron chi connectivity index (χ1n) is 7.38. The number of aromatic nitrogens is 1. The van der Waals surface area contributed by atoms with Crippen molar-refractivity contribution in [1.82, 2.24) is 4.57 Å². The molecule has 6 nitrogen and oxygen atoms in total. The molecule has 0 radical (unpaired) electrons. The quantitative estimate of drug-likeness (QED) is 0.604. The van der Waals surface area contributed by atoms with Crippen LogP contribution in [0.1, 0.15) is 26.3 Å². The van der Waals surface area contributed by atoms with Gasteiger partial charge in [0.25, 0.3) is 11.2 Å². The van der Waals surface area contributed by atoms with Crippen molar-refractivity contribution < 1.29 is 9.72 Å². The molecule has 1 aromatic carbocycles. The molecule has 0 saturated carbocycles. The monoisotopic (exact) mass is 380 g/mol. The Bertz CT molecular complexity index is 1030. The van der Waals surface area contributed by atoms with E-state index in [0.717, 1.165) is 11.3 Å². The minimum absolute atomic E-state index is 0.0334. The fourth-order valence-electron chi connectivity index (χ4n) is 1.95. The van der Waals surface area contributed by atoms with Gasteiger partial charge < -0.3 is 4.57 Å². The second-order valence-corrected chi connectivity index (χ2v) is 8.01. The van der Waals surface area contributed by atoms with Gasteiger partial charge in [-0.1, -0.05) is 38.4 Å². The van der Waals surface area contributed by atoms with E-state index in [9.17, 15) is 19.7 Å². The molecule has 0 bridgehead atoms. The van der Waals surface area contributed by atoms with Crippen LogP contribution in [0.25, 0.3) is 12.2 Å². The summed E-state index contributed by atoms with van der Waals surface area (Å²) in [6, 6.07) is 4.32. The number of hydrogen-bond donors (Lipinski definition) is 0. The Morgan fingerprint density at radius 3 is 2.56 bits per heavy atom. The first-order chi connectivity index (χ1) is 11.5. The molecule has 0 aliphatic rings. The maximum absolute atomic E-state index is 12.4. The molecule has 0 spiro atoms. The van der Waals surface area contributed by atoms with E-state index in [2.05, 4.69) is 0 Å². The maximum Gasteiger partial charge on any atom is 0.288 e. The van der Waals surface area contributed by atoms with Crippen LogP contribution in [0.3, 0.4) is 0 Å². The molecule has 25 heavy (non-hydrogen) atoms. The molecule has 0 saturated heterocycles. The molecule has 1 aromatic heterocycles. The summed E-state index contributed by atoms with van der Waals surface area (Å²) in [5.41, 5.74) is -0.543. The van der Waals surface area contributed by atoms with Crippen LogP contribution in [0.15, 0.2) is 23.0 Å². The van der Waals surface area contributed by atoms with Crippen molar-refractivity contribution in [1.29, 1.82) is 0 Å². The fourth-order valence-corrected chi connectivity index (χ4v) is 3.16. The topological polar surface area (TPSA) is 82.2 Å². The molecule has 2 aromatic rings. The van der Waals surface area contributed by atoms with Crippen LogP contribution >= 0.6 is 22.9 Å². The third kappa shape index (κ3) is 4.24. The van der Waals surface area contributed by atoms with E-state index in [4.69, 9.17) is 11.6 Å². The molecule has 0 aliphatic heterocycles. The summed E-state index contributed by atoms with van der Waals surface area (Å²) in [5.74, 6) is -0.0852. The van der Waals surface area contributed by atoms with Gasteiger partial charge in [0.2, 0.25) is 0 Å². The number of nitrogens with zero attached hydrogens (tertiary/aromatic N) is 2. The smallest absolute Gasteiger partial charge is 0.288 e. The Morgan fingerprint density at radius 2 is 2.00 bits per heavy atom. The summed E-state index contributed by atoms with van der Waals surface area (Å²) in [5, 5.41) is 11.0. The summed E-state index contributed by atoms with van der Waals surface area (Å²) in [7, 11) is 1.59. The van der Waals surface area contributed by atoms with E-state index >= 15 is 0 Å². The first kappa shape index (κ1) is 19.1. The van der Waals surface area contributed by atoms with Gasteiger partial charge in [-0.25, -0.2) is 0 Å². The lowest BCUT2D eigenvalue weighted by Gasteiger charge is -2.12. The Labute approximate surface area is 152 Å². The van der Waals surface area contributed by atoms with Crippen LogP contribution in [-0.2, 0) is 11.8 Å². The van der Waals surface area contributed by atoms with Gasteiger partial charge in [-0.3, -0.25) is 19.7 Å². The van der Waals surface area contributed by atoms with E-state index in [1.165, 1.54) is 22.8 Å². The van der Waals surface area contributed by atoms with Crippen LogP contribution in [0.5, 0.6) is 0 Å². The van der Waals surface area contributed by atoms with Gasteiger partial charge in [0, 0.05) is 24.6 Å². The van der Waals surface area contributed by atoms with Crippen LogP contribution in [0.2, 0.25) is 5.02 Å². The minimum Gasteiger partial charge on any atom is -0.302 e. The van der Waals surface area contributed by atoms with Crippen molar-refractivity contribution in [3.05, 3.63) is 58.4 Å². The Kier molecular flexibility index (Phi) is 5.29. The van der Waals surface area contributed by atoms with E-state index in [0.29, 0.717) is 14.8 Å². The fraction of sp³-hybridized carbons (Fsp3) is 0.294. The van der Waals surface area contributed by atoms with E-state index in [1.54, 1.807) is 40.0 Å². The third-order valence-electron chi connectivity index (χ3n) is 3.52. The highest BCUT2D eigenvalue weighted by Gasteiger charge is 2.19. The van der Waals surface area contributed by atoms with Gasteiger partial charge in [0.05, 0.1) is 9.46 Å². The molecule has 8 heteroatoms.